The van der Waals surface area contributed by atoms with Crippen LogP contribution in [0.1, 0.15) is 38.3 Å². The number of hydrogen-bond donors (Lipinski definition) is 0. The van der Waals surface area contributed by atoms with Gasteiger partial charge < -0.3 is 0 Å². The third-order valence-electron chi connectivity index (χ3n) is 3.22. The highest BCUT2D eigenvalue weighted by Crippen LogP contribution is 2.30. The van der Waals surface area contributed by atoms with Crippen molar-refractivity contribution < 1.29 is 4.79 Å². The minimum absolute atomic E-state index is 0.0526. The Bertz CT molecular complexity index is 524. The summed E-state index contributed by atoms with van der Waals surface area (Å²) < 4.78 is 0. The number of benzene rings is 1. The molecule has 0 unspecified atom stereocenters. The van der Waals surface area contributed by atoms with Gasteiger partial charge >= 0.3 is 0 Å². The lowest BCUT2D eigenvalue weighted by Crippen LogP contribution is -2.21. The lowest BCUT2D eigenvalue weighted by molar-refractivity contribution is -0.117. The van der Waals surface area contributed by atoms with Crippen LogP contribution < -0.4 is 5.01 Å². The predicted molar refractivity (Wildman–Crippen MR) is 74.9 cm³/mol. The van der Waals surface area contributed by atoms with Crippen LogP contribution in [0.4, 0.5) is 5.69 Å². The Morgan fingerprint density at radius 1 is 1.22 bits per heavy atom. The Hall–Kier alpha value is -1.64. The second-order valence-corrected chi connectivity index (χ2v) is 5.97. The summed E-state index contributed by atoms with van der Waals surface area (Å²) in [5, 5.41) is 6.05. The topological polar surface area (TPSA) is 32.7 Å². The molecule has 2 rings (SSSR count). The van der Waals surface area contributed by atoms with E-state index in [2.05, 4.69) is 31.9 Å². The smallest absolute Gasteiger partial charge is 0.253 e. The number of rotatable bonds is 1. The summed E-state index contributed by atoms with van der Waals surface area (Å²) in [6.07, 6.45) is 0.427. The molecule has 0 radical (unpaired) electrons. The van der Waals surface area contributed by atoms with Crippen molar-refractivity contribution in [3.63, 3.8) is 0 Å². The van der Waals surface area contributed by atoms with Crippen LogP contribution in [0, 0.1) is 19.3 Å². The molecule has 0 fully saturated rings. The Morgan fingerprint density at radius 3 is 2.39 bits per heavy atom. The van der Waals surface area contributed by atoms with Crippen molar-refractivity contribution in [1.29, 1.82) is 0 Å². The van der Waals surface area contributed by atoms with E-state index in [0.717, 1.165) is 17.0 Å². The van der Waals surface area contributed by atoms with Gasteiger partial charge in [-0.1, -0.05) is 38.5 Å². The van der Waals surface area contributed by atoms with Crippen LogP contribution >= 0.6 is 0 Å². The number of hydrazone groups is 1. The van der Waals surface area contributed by atoms with Crippen molar-refractivity contribution in [3.8, 4) is 0 Å². The average Bonchev–Trinajstić information content (AvgIpc) is 2.60. The molecule has 0 saturated carbocycles. The summed E-state index contributed by atoms with van der Waals surface area (Å²) in [4.78, 5) is 12.1. The standard InChI is InChI=1S/C15H20N2O/c1-10-6-7-12(11(2)8-10)17-14(18)9-13(16-17)15(3,4)5/h6-8H,9H2,1-5H3. The van der Waals surface area contributed by atoms with Crippen molar-refractivity contribution in [2.24, 2.45) is 10.5 Å². The molecule has 0 N–H and O–H groups in total. The van der Waals surface area contributed by atoms with E-state index in [0.29, 0.717) is 6.42 Å². The highest BCUT2D eigenvalue weighted by atomic mass is 16.2. The Balaban J connectivity index is 2.40. The lowest BCUT2D eigenvalue weighted by atomic mass is 9.88. The molecule has 0 atom stereocenters. The van der Waals surface area contributed by atoms with Gasteiger partial charge in [0.15, 0.2) is 0 Å². The van der Waals surface area contributed by atoms with Gasteiger partial charge in [-0.25, -0.2) is 5.01 Å². The van der Waals surface area contributed by atoms with E-state index < -0.39 is 0 Å². The summed E-state index contributed by atoms with van der Waals surface area (Å²) in [5.74, 6) is 0.0619. The van der Waals surface area contributed by atoms with Gasteiger partial charge in [-0.3, -0.25) is 4.79 Å². The molecule has 0 spiro atoms. The van der Waals surface area contributed by atoms with Gasteiger partial charge in [0.05, 0.1) is 17.8 Å². The molecule has 0 bridgehead atoms. The molecule has 0 aliphatic carbocycles. The first kappa shape index (κ1) is 12.8. The van der Waals surface area contributed by atoms with Gasteiger partial charge in [-0.05, 0) is 25.5 Å². The molecule has 3 heteroatoms. The van der Waals surface area contributed by atoms with Crippen LogP contribution in [0.2, 0.25) is 0 Å². The fourth-order valence-electron chi connectivity index (χ4n) is 2.08. The van der Waals surface area contributed by atoms with E-state index in [1.807, 2.05) is 26.0 Å². The number of nitrogens with zero attached hydrogens (tertiary/aromatic N) is 2. The van der Waals surface area contributed by atoms with Gasteiger partial charge in [0.25, 0.3) is 5.91 Å². The van der Waals surface area contributed by atoms with E-state index in [1.165, 1.54) is 5.56 Å². The number of amides is 1. The van der Waals surface area contributed by atoms with E-state index in [4.69, 9.17) is 0 Å². The molecular weight excluding hydrogens is 224 g/mol. The van der Waals surface area contributed by atoms with Gasteiger partial charge in [0.2, 0.25) is 0 Å². The fourth-order valence-corrected chi connectivity index (χ4v) is 2.08. The van der Waals surface area contributed by atoms with Crippen molar-refractivity contribution in [2.75, 3.05) is 5.01 Å². The third-order valence-corrected chi connectivity index (χ3v) is 3.22. The minimum atomic E-state index is -0.0526. The third kappa shape index (κ3) is 2.30. The first-order chi connectivity index (χ1) is 8.29. The first-order valence-electron chi connectivity index (χ1n) is 6.27. The summed E-state index contributed by atoms with van der Waals surface area (Å²) in [5.41, 5.74) is 4.07. The highest BCUT2D eigenvalue weighted by Gasteiger charge is 2.32. The molecule has 1 aliphatic heterocycles. The number of hydrogen-bond acceptors (Lipinski definition) is 2. The Morgan fingerprint density at radius 2 is 1.89 bits per heavy atom. The molecule has 1 amide bonds. The van der Waals surface area contributed by atoms with E-state index in [1.54, 1.807) is 5.01 Å². The zero-order chi connectivity index (χ0) is 13.5. The largest absolute Gasteiger partial charge is 0.272 e. The van der Waals surface area contributed by atoms with Crippen LogP contribution in [0.5, 0.6) is 0 Å². The predicted octanol–water partition coefficient (Wildman–Crippen LogP) is 3.44. The van der Waals surface area contributed by atoms with E-state index in [-0.39, 0.29) is 11.3 Å². The summed E-state index contributed by atoms with van der Waals surface area (Å²) in [6, 6.07) is 6.06. The number of anilines is 1. The summed E-state index contributed by atoms with van der Waals surface area (Å²) >= 11 is 0. The highest BCUT2D eigenvalue weighted by molar-refractivity contribution is 6.14. The molecule has 0 aromatic heterocycles. The van der Waals surface area contributed by atoms with Gasteiger partial charge in [0, 0.05) is 5.41 Å². The quantitative estimate of drug-likeness (QED) is 0.744. The van der Waals surface area contributed by atoms with Crippen LogP contribution in [0.25, 0.3) is 0 Å². The van der Waals surface area contributed by atoms with Gasteiger partial charge in [-0.15, -0.1) is 0 Å². The van der Waals surface area contributed by atoms with Crippen LogP contribution in [-0.4, -0.2) is 11.6 Å². The molecule has 1 heterocycles. The van der Waals surface area contributed by atoms with Crippen LogP contribution in [-0.2, 0) is 4.79 Å². The van der Waals surface area contributed by atoms with Crippen LogP contribution in [0.15, 0.2) is 23.3 Å². The maximum Gasteiger partial charge on any atom is 0.253 e. The Labute approximate surface area is 108 Å². The van der Waals surface area contributed by atoms with Gasteiger partial charge in [-0.2, -0.15) is 5.10 Å². The summed E-state index contributed by atoms with van der Waals surface area (Å²) in [7, 11) is 0. The normalized spacial score (nSPS) is 16.2. The zero-order valence-corrected chi connectivity index (χ0v) is 11.7. The lowest BCUT2D eigenvalue weighted by Gasteiger charge is -2.17. The number of carbonyl (C=O) groups excluding carboxylic acids is 1. The SMILES string of the molecule is Cc1ccc(N2N=C(C(C)(C)C)CC2=O)c(C)c1. The van der Waals surface area contributed by atoms with Crippen molar-refractivity contribution in [2.45, 2.75) is 41.0 Å². The average molecular weight is 244 g/mol. The molecule has 1 aromatic carbocycles. The van der Waals surface area contributed by atoms with E-state index >= 15 is 0 Å². The minimum Gasteiger partial charge on any atom is -0.272 e. The van der Waals surface area contributed by atoms with Crippen molar-refractivity contribution in [3.05, 3.63) is 29.3 Å². The molecule has 1 aromatic rings. The number of aryl methyl sites for hydroxylation is 2. The molecule has 1 aliphatic rings. The molecule has 18 heavy (non-hydrogen) atoms. The second kappa shape index (κ2) is 4.23. The van der Waals surface area contributed by atoms with E-state index in [9.17, 15) is 4.79 Å². The maximum absolute atomic E-state index is 12.1. The van der Waals surface area contributed by atoms with Crippen molar-refractivity contribution in [1.82, 2.24) is 0 Å². The molecule has 0 saturated heterocycles. The second-order valence-electron chi connectivity index (χ2n) is 5.97. The molecule has 3 nitrogen and oxygen atoms in total. The number of carbonyl (C=O) groups is 1. The molecular formula is C15H20N2O. The van der Waals surface area contributed by atoms with Gasteiger partial charge in [0.1, 0.15) is 0 Å². The van der Waals surface area contributed by atoms with Crippen LogP contribution in [0.3, 0.4) is 0 Å². The fraction of sp³-hybridized carbons (Fsp3) is 0.467. The molecule has 96 valence electrons. The Kier molecular flexibility index (Phi) is 3.01. The first-order valence-corrected chi connectivity index (χ1v) is 6.27. The monoisotopic (exact) mass is 244 g/mol. The van der Waals surface area contributed by atoms with Crippen molar-refractivity contribution >= 4 is 17.3 Å². The maximum atomic E-state index is 12.1. The zero-order valence-electron chi connectivity index (χ0n) is 11.7. The summed E-state index contributed by atoms with van der Waals surface area (Å²) in [6.45, 7) is 10.3.